The number of amides is 1. The van der Waals surface area contributed by atoms with Gasteiger partial charge in [-0.2, -0.15) is 0 Å². The number of ether oxygens (including phenoxy) is 1. The molecule has 2 N–H and O–H groups in total. The molecule has 0 radical (unpaired) electrons. The molecule has 2 fully saturated rings. The van der Waals surface area contributed by atoms with Crippen LogP contribution in [-0.4, -0.2) is 41.7 Å². The zero-order valence-electron chi connectivity index (χ0n) is 19.5. The van der Waals surface area contributed by atoms with E-state index in [1.165, 1.54) is 0 Å². The third-order valence-corrected chi connectivity index (χ3v) is 7.37. The van der Waals surface area contributed by atoms with Crippen LogP contribution in [0.3, 0.4) is 0 Å². The Morgan fingerprint density at radius 1 is 1.24 bits per heavy atom. The predicted molar refractivity (Wildman–Crippen MR) is 126 cm³/mol. The Hall–Kier alpha value is -2.74. The molecule has 1 amide bonds. The van der Waals surface area contributed by atoms with Gasteiger partial charge in [0.15, 0.2) is 0 Å². The summed E-state index contributed by atoms with van der Waals surface area (Å²) < 4.78 is 21.8. The van der Waals surface area contributed by atoms with Crippen molar-refractivity contribution in [2.24, 2.45) is 5.92 Å². The van der Waals surface area contributed by atoms with Crippen molar-refractivity contribution in [3.05, 3.63) is 35.5 Å². The maximum Gasteiger partial charge on any atom is 0.413 e. The zero-order chi connectivity index (χ0) is 23.2. The van der Waals surface area contributed by atoms with E-state index in [1.54, 1.807) is 13.1 Å². The summed E-state index contributed by atoms with van der Waals surface area (Å²) in [6.45, 7) is 8.18. The minimum atomic E-state index is -1.44. The van der Waals surface area contributed by atoms with Crippen LogP contribution in [0.1, 0.15) is 63.7 Å². The summed E-state index contributed by atoms with van der Waals surface area (Å²) in [7, 11) is 0. The molecule has 1 aliphatic carbocycles. The van der Waals surface area contributed by atoms with Crippen LogP contribution in [-0.2, 0) is 10.4 Å². The number of nitrogens with zero attached hydrogens (tertiary/aromatic N) is 3. The molecule has 1 saturated heterocycles. The van der Waals surface area contributed by atoms with Crippen LogP contribution in [0.25, 0.3) is 11.3 Å². The van der Waals surface area contributed by atoms with E-state index in [-0.39, 0.29) is 5.92 Å². The number of fused-ring (bicyclic) bond motifs is 1. The number of piperazine rings is 1. The van der Waals surface area contributed by atoms with Crippen molar-refractivity contribution in [1.29, 1.82) is 0 Å². The SMILES string of the molecule is CC1CN(c2cc(C(C)(F)C3CCCC3)cc(-c3ccnc4c3C(C)OC(=O)N4)n2)CCN1. The van der Waals surface area contributed by atoms with Crippen molar-refractivity contribution in [2.75, 3.05) is 29.9 Å². The second kappa shape index (κ2) is 8.56. The van der Waals surface area contributed by atoms with Gasteiger partial charge >= 0.3 is 6.09 Å². The molecule has 176 valence electrons. The molecule has 7 nitrogen and oxygen atoms in total. The van der Waals surface area contributed by atoms with E-state index in [9.17, 15) is 4.79 Å². The maximum atomic E-state index is 16.4. The minimum absolute atomic E-state index is 0.00967. The highest BCUT2D eigenvalue weighted by atomic mass is 19.1. The second-order valence-corrected chi connectivity index (χ2v) is 9.75. The fourth-order valence-electron chi connectivity index (χ4n) is 5.50. The van der Waals surface area contributed by atoms with Gasteiger partial charge in [0.1, 0.15) is 23.4 Å². The van der Waals surface area contributed by atoms with Gasteiger partial charge in [0.05, 0.1) is 5.69 Å². The number of halogens is 1. The van der Waals surface area contributed by atoms with E-state index in [4.69, 9.17) is 9.72 Å². The second-order valence-electron chi connectivity index (χ2n) is 9.75. The maximum absolute atomic E-state index is 16.4. The first-order valence-electron chi connectivity index (χ1n) is 12.0. The summed E-state index contributed by atoms with van der Waals surface area (Å²) in [6, 6.07) is 6.02. The van der Waals surface area contributed by atoms with Gasteiger partial charge < -0.3 is 15.0 Å². The molecule has 3 aliphatic rings. The summed E-state index contributed by atoms with van der Waals surface area (Å²) in [5.74, 6) is 1.27. The largest absolute Gasteiger partial charge is 0.441 e. The van der Waals surface area contributed by atoms with Crippen molar-refractivity contribution in [2.45, 2.75) is 64.3 Å². The molecule has 33 heavy (non-hydrogen) atoms. The number of carbonyl (C=O) groups is 1. The third-order valence-electron chi connectivity index (χ3n) is 7.37. The number of cyclic esters (lactones) is 1. The zero-order valence-corrected chi connectivity index (χ0v) is 19.5. The summed E-state index contributed by atoms with van der Waals surface area (Å²) in [4.78, 5) is 23.4. The van der Waals surface area contributed by atoms with Crippen LogP contribution in [0.4, 0.5) is 20.8 Å². The molecule has 8 heteroatoms. The van der Waals surface area contributed by atoms with Crippen molar-refractivity contribution in [3.8, 4) is 11.3 Å². The van der Waals surface area contributed by atoms with Crippen LogP contribution >= 0.6 is 0 Å². The number of hydrogen-bond donors (Lipinski definition) is 2. The molecule has 4 heterocycles. The van der Waals surface area contributed by atoms with Crippen molar-refractivity contribution in [1.82, 2.24) is 15.3 Å². The van der Waals surface area contributed by atoms with Crippen LogP contribution in [0.15, 0.2) is 24.4 Å². The Bertz CT molecular complexity index is 1050. The Morgan fingerprint density at radius 2 is 2.03 bits per heavy atom. The van der Waals surface area contributed by atoms with E-state index in [0.29, 0.717) is 23.1 Å². The number of carbonyl (C=O) groups excluding carboxylic acids is 1. The van der Waals surface area contributed by atoms with Gasteiger partial charge in [-0.15, -0.1) is 0 Å². The lowest BCUT2D eigenvalue weighted by Crippen LogP contribution is -2.49. The molecule has 2 aromatic rings. The number of nitrogens with one attached hydrogen (secondary N) is 2. The van der Waals surface area contributed by atoms with Crippen LogP contribution < -0.4 is 15.5 Å². The van der Waals surface area contributed by atoms with Gasteiger partial charge in [-0.05, 0) is 63.3 Å². The molecule has 3 unspecified atom stereocenters. The number of alkyl halides is 1. The lowest BCUT2D eigenvalue weighted by Gasteiger charge is -2.35. The lowest BCUT2D eigenvalue weighted by molar-refractivity contribution is 0.104. The molecule has 0 spiro atoms. The molecular formula is C25H32FN5O2. The molecule has 1 saturated carbocycles. The number of hydrogen-bond acceptors (Lipinski definition) is 6. The molecule has 3 atom stereocenters. The Kier molecular flexibility index (Phi) is 5.72. The highest BCUT2D eigenvalue weighted by molar-refractivity contribution is 5.89. The molecule has 2 aliphatic heterocycles. The van der Waals surface area contributed by atoms with Crippen molar-refractivity contribution in [3.63, 3.8) is 0 Å². The van der Waals surface area contributed by atoms with E-state index in [2.05, 4.69) is 27.4 Å². The van der Waals surface area contributed by atoms with E-state index < -0.39 is 17.9 Å². The van der Waals surface area contributed by atoms with E-state index in [1.807, 2.05) is 25.1 Å². The molecule has 5 rings (SSSR count). The van der Waals surface area contributed by atoms with E-state index >= 15 is 4.39 Å². The smallest absolute Gasteiger partial charge is 0.413 e. The van der Waals surface area contributed by atoms with Crippen molar-refractivity contribution >= 4 is 17.7 Å². The van der Waals surface area contributed by atoms with Crippen LogP contribution in [0.5, 0.6) is 0 Å². The Morgan fingerprint density at radius 3 is 2.79 bits per heavy atom. The normalized spacial score (nSPS) is 25.2. The lowest BCUT2D eigenvalue weighted by atomic mass is 9.83. The topological polar surface area (TPSA) is 79.4 Å². The number of rotatable bonds is 4. The summed E-state index contributed by atoms with van der Waals surface area (Å²) in [5.41, 5.74) is 1.48. The van der Waals surface area contributed by atoms with Gasteiger partial charge in [0.2, 0.25) is 0 Å². The van der Waals surface area contributed by atoms with Gasteiger partial charge in [0.25, 0.3) is 0 Å². The first-order chi connectivity index (χ1) is 15.8. The van der Waals surface area contributed by atoms with Crippen LogP contribution in [0, 0.1) is 5.92 Å². The first-order valence-corrected chi connectivity index (χ1v) is 12.0. The number of aromatic nitrogens is 2. The van der Waals surface area contributed by atoms with Gasteiger partial charge in [-0.25, -0.2) is 19.2 Å². The van der Waals surface area contributed by atoms with Gasteiger partial charge in [0, 0.05) is 43.0 Å². The fourth-order valence-corrected chi connectivity index (χ4v) is 5.50. The molecule has 2 aromatic heterocycles. The highest BCUT2D eigenvalue weighted by Crippen LogP contribution is 2.45. The summed E-state index contributed by atoms with van der Waals surface area (Å²) in [6.07, 6.45) is 4.64. The molecule has 0 bridgehead atoms. The predicted octanol–water partition coefficient (Wildman–Crippen LogP) is 4.94. The average molecular weight is 454 g/mol. The first kappa shape index (κ1) is 22.1. The van der Waals surface area contributed by atoms with E-state index in [0.717, 1.165) is 62.3 Å². The number of pyridine rings is 2. The monoisotopic (exact) mass is 453 g/mol. The van der Waals surface area contributed by atoms with Gasteiger partial charge in [-0.1, -0.05) is 12.8 Å². The fraction of sp³-hybridized carbons (Fsp3) is 0.560. The quantitative estimate of drug-likeness (QED) is 0.683. The number of anilines is 2. The van der Waals surface area contributed by atoms with Crippen LogP contribution in [0.2, 0.25) is 0 Å². The van der Waals surface area contributed by atoms with Crippen molar-refractivity contribution < 1.29 is 13.9 Å². The summed E-state index contributed by atoms with van der Waals surface area (Å²) in [5, 5.41) is 6.14. The molecular weight excluding hydrogens is 421 g/mol. The minimum Gasteiger partial charge on any atom is -0.441 e. The average Bonchev–Trinajstić information content (AvgIpc) is 3.34. The van der Waals surface area contributed by atoms with Gasteiger partial charge in [-0.3, -0.25) is 5.32 Å². The standard InChI is InChI=1S/C25H32FN5O2/c1-15-14-31(11-10-27-15)21-13-18(25(3,26)17-6-4-5-7-17)12-20(29-21)19-8-9-28-23-22(19)16(2)33-24(32)30-23/h8-9,12-13,15-17,27H,4-7,10-11,14H2,1-3H3,(H,28,30,32). The highest BCUT2D eigenvalue weighted by Gasteiger charge is 2.39. The summed E-state index contributed by atoms with van der Waals surface area (Å²) >= 11 is 0. The Balaban J connectivity index is 1.64. The molecule has 0 aromatic carbocycles. The Labute approximate surface area is 194 Å². The third kappa shape index (κ3) is 4.16.